The van der Waals surface area contributed by atoms with E-state index in [-0.39, 0.29) is 38.7 Å². The number of carbonyl (C=O) groups excluding carboxylic acids is 1. The summed E-state index contributed by atoms with van der Waals surface area (Å²) in [6.07, 6.45) is 0.660. The van der Waals surface area contributed by atoms with E-state index in [1.165, 1.54) is 0 Å². The van der Waals surface area contributed by atoms with Gasteiger partial charge in [0.05, 0.1) is 6.42 Å². The van der Waals surface area contributed by atoms with Crippen LogP contribution in [0.5, 0.6) is 0 Å². The molecular weight excluding hydrogens is 120 g/mol. The molecule has 0 aliphatic rings. The average Bonchev–Trinajstić information content (AvgIpc) is 1.61. The van der Waals surface area contributed by atoms with Crippen molar-refractivity contribution in [3.05, 3.63) is 0 Å². The summed E-state index contributed by atoms with van der Waals surface area (Å²) in [5, 5.41) is 7.89. The first kappa shape index (κ1) is 10.8. The summed E-state index contributed by atoms with van der Waals surface area (Å²) in [7, 11) is 0. The van der Waals surface area contributed by atoms with E-state index in [0.29, 0.717) is 6.29 Å². The zero-order valence-corrected chi connectivity index (χ0v) is 5.88. The van der Waals surface area contributed by atoms with Crippen LogP contribution in [0.15, 0.2) is 0 Å². The number of hydrogen-bond donors (Lipinski definition) is 1. The Bertz CT molecular complexity index is 88.6. The van der Waals surface area contributed by atoms with Crippen molar-refractivity contribution in [1.29, 1.82) is 0 Å². The first-order valence-electron chi connectivity index (χ1n) is 1.93. The Morgan fingerprint density at radius 2 is 2.25 bits per heavy atom. The largest absolute Gasteiger partial charge is 2.00 e. The fraction of sp³-hybridized carbons (Fsp3) is 0.500. The van der Waals surface area contributed by atoms with Gasteiger partial charge in [-0.3, -0.25) is 4.79 Å². The van der Waals surface area contributed by atoms with Gasteiger partial charge in [-0.05, 0) is 0 Å². The molecule has 44 valence electrons. The summed E-state index contributed by atoms with van der Waals surface area (Å²) in [5.41, 5.74) is 0. The molecule has 0 bridgehead atoms. The molecule has 3 nitrogen and oxygen atoms in total. The molecule has 0 aliphatic carbocycles. The van der Waals surface area contributed by atoms with Gasteiger partial charge in [-0.2, -0.15) is 0 Å². The quantitative estimate of drug-likeness (QED) is 0.426. The second kappa shape index (κ2) is 6.91. The molecule has 0 unspecified atom stereocenters. The van der Waals surface area contributed by atoms with Crippen molar-refractivity contribution in [1.82, 2.24) is 0 Å². The molecule has 8 heavy (non-hydrogen) atoms. The van der Waals surface area contributed by atoms with Crippen LogP contribution in [-0.2, 0) is 9.59 Å². The number of carboxylic acid groups (broad SMARTS) is 1. The normalized spacial score (nSPS) is 7.00. The molecule has 4 heteroatoms. The summed E-state index contributed by atoms with van der Waals surface area (Å²) < 4.78 is 0. The molecule has 0 aliphatic heterocycles. The van der Waals surface area contributed by atoms with Crippen molar-refractivity contribution in [2.45, 2.75) is 12.8 Å². The molecule has 0 radical (unpaired) electrons. The third kappa shape index (κ3) is 9.32. The SMILES string of the molecule is O=CCCC(=O)O.[H-].[H-].[Mg+2]. The Kier molecular flexibility index (Phi) is 9.33. The average molecular weight is 128 g/mol. The van der Waals surface area contributed by atoms with E-state index in [0.717, 1.165) is 0 Å². The van der Waals surface area contributed by atoms with E-state index in [4.69, 9.17) is 5.11 Å². The molecule has 0 aromatic rings. The van der Waals surface area contributed by atoms with Gasteiger partial charge in [0.15, 0.2) is 0 Å². The third-order valence-corrected chi connectivity index (χ3v) is 0.476. The minimum Gasteiger partial charge on any atom is -1.00 e. The van der Waals surface area contributed by atoms with Crippen LogP contribution >= 0.6 is 0 Å². The van der Waals surface area contributed by atoms with Crippen molar-refractivity contribution < 1.29 is 17.5 Å². The summed E-state index contributed by atoms with van der Waals surface area (Å²) in [4.78, 5) is 19.0. The molecule has 0 amide bonds. The van der Waals surface area contributed by atoms with Crippen LogP contribution in [0.1, 0.15) is 15.7 Å². The van der Waals surface area contributed by atoms with Gasteiger partial charge in [-0.25, -0.2) is 0 Å². The van der Waals surface area contributed by atoms with Gasteiger partial charge in [0, 0.05) is 6.42 Å². The summed E-state index contributed by atoms with van der Waals surface area (Å²) in [6.45, 7) is 0. The van der Waals surface area contributed by atoms with E-state index in [2.05, 4.69) is 0 Å². The fourth-order valence-electron chi connectivity index (χ4n) is 0.182. The molecule has 0 rings (SSSR count). The Balaban J connectivity index is -0.0000000600. The smallest absolute Gasteiger partial charge is 1.00 e. The number of aldehydes is 1. The molecule has 0 spiro atoms. The zero-order valence-electron chi connectivity index (χ0n) is 6.46. The Morgan fingerprint density at radius 1 is 1.75 bits per heavy atom. The Morgan fingerprint density at radius 3 is 2.38 bits per heavy atom. The van der Waals surface area contributed by atoms with Crippen LogP contribution in [0.25, 0.3) is 0 Å². The van der Waals surface area contributed by atoms with Crippen LogP contribution in [0.4, 0.5) is 0 Å². The first-order valence-corrected chi connectivity index (χ1v) is 1.93. The predicted octanol–water partition coefficient (Wildman–Crippen LogP) is -0.106. The molecule has 0 atom stereocenters. The maximum atomic E-state index is 9.60. The molecule has 0 saturated heterocycles. The van der Waals surface area contributed by atoms with Crippen molar-refractivity contribution in [3.63, 3.8) is 0 Å². The molecule has 0 fully saturated rings. The van der Waals surface area contributed by atoms with Crippen LogP contribution in [0.3, 0.4) is 0 Å². The van der Waals surface area contributed by atoms with Crippen molar-refractivity contribution in [2.24, 2.45) is 0 Å². The van der Waals surface area contributed by atoms with E-state index in [1.807, 2.05) is 0 Å². The second-order valence-corrected chi connectivity index (χ2v) is 1.10. The number of rotatable bonds is 3. The number of hydrogen-bond acceptors (Lipinski definition) is 2. The van der Waals surface area contributed by atoms with Gasteiger partial charge in [0.25, 0.3) is 0 Å². The van der Waals surface area contributed by atoms with Gasteiger partial charge in [0.1, 0.15) is 6.29 Å². The van der Waals surface area contributed by atoms with E-state index in [9.17, 15) is 9.59 Å². The molecule has 1 N–H and O–H groups in total. The van der Waals surface area contributed by atoms with Gasteiger partial charge in [-0.1, -0.05) is 0 Å². The second-order valence-electron chi connectivity index (χ2n) is 1.10. The summed E-state index contributed by atoms with van der Waals surface area (Å²) in [5.74, 6) is -0.924. The molecule has 0 aromatic heterocycles. The van der Waals surface area contributed by atoms with E-state index >= 15 is 0 Å². The molecular formula is C4H8MgO3. The van der Waals surface area contributed by atoms with E-state index in [1.54, 1.807) is 0 Å². The Hall–Kier alpha value is -0.0938. The fourth-order valence-corrected chi connectivity index (χ4v) is 0.182. The number of carboxylic acids is 1. The number of carbonyl (C=O) groups is 2. The van der Waals surface area contributed by atoms with Crippen molar-refractivity contribution in [3.8, 4) is 0 Å². The van der Waals surface area contributed by atoms with Gasteiger partial charge in [-0.15, -0.1) is 0 Å². The third-order valence-electron chi connectivity index (χ3n) is 0.476. The van der Waals surface area contributed by atoms with Gasteiger partial charge >= 0.3 is 29.0 Å². The first-order chi connectivity index (χ1) is 3.27. The topological polar surface area (TPSA) is 54.4 Å². The van der Waals surface area contributed by atoms with E-state index < -0.39 is 5.97 Å². The van der Waals surface area contributed by atoms with Crippen LogP contribution in [0, 0.1) is 0 Å². The summed E-state index contributed by atoms with van der Waals surface area (Å²) in [6, 6.07) is 0. The maximum Gasteiger partial charge on any atom is 2.00 e. The molecule has 0 saturated carbocycles. The molecule has 0 aromatic carbocycles. The van der Waals surface area contributed by atoms with Crippen molar-refractivity contribution >= 4 is 35.3 Å². The summed E-state index contributed by atoms with van der Waals surface area (Å²) >= 11 is 0. The predicted molar refractivity (Wildman–Crippen MR) is 30.9 cm³/mol. The Labute approximate surface area is 66.2 Å². The van der Waals surface area contributed by atoms with Crippen LogP contribution in [0.2, 0.25) is 0 Å². The minimum atomic E-state index is -0.924. The number of aliphatic carboxylic acids is 1. The van der Waals surface area contributed by atoms with Crippen LogP contribution in [-0.4, -0.2) is 40.4 Å². The zero-order chi connectivity index (χ0) is 5.70. The molecule has 0 heterocycles. The van der Waals surface area contributed by atoms with Crippen LogP contribution < -0.4 is 0 Å². The van der Waals surface area contributed by atoms with Crippen molar-refractivity contribution in [2.75, 3.05) is 0 Å². The maximum absolute atomic E-state index is 9.60. The van der Waals surface area contributed by atoms with Gasteiger partial charge < -0.3 is 12.8 Å². The standard InChI is InChI=1S/C4H6O3.Mg.2H/c5-3-1-2-4(6)7;;;/h3H,1-2H2,(H,6,7);;;/q;+2;2*-1. The monoisotopic (exact) mass is 128 g/mol. The van der Waals surface area contributed by atoms with Gasteiger partial charge in [0.2, 0.25) is 0 Å². The minimum absolute atomic E-state index is 0.